The summed E-state index contributed by atoms with van der Waals surface area (Å²) < 4.78 is 15.7. The topological polar surface area (TPSA) is 44.8 Å². The third-order valence-electron chi connectivity index (χ3n) is 3.32. The van der Waals surface area contributed by atoms with E-state index in [9.17, 15) is 4.79 Å². The molecule has 0 unspecified atom stereocenters. The number of hydrogen-bond acceptors (Lipinski definition) is 4. The lowest BCUT2D eigenvalue weighted by molar-refractivity contribution is 0.103. The SMILES string of the molecule is COc1ccc(C(=O)c2ccc(C)c(OC)c2)c(OC)c1. The average Bonchev–Trinajstić information content (AvgIpc) is 2.54. The standard InChI is InChI=1S/C17H18O4/c1-11-5-6-12(9-15(11)20-3)17(18)14-8-7-13(19-2)10-16(14)21-4/h5-10H,1-4H3. The Kier molecular flexibility index (Phi) is 4.48. The summed E-state index contributed by atoms with van der Waals surface area (Å²) in [4.78, 5) is 12.6. The van der Waals surface area contributed by atoms with Crippen LogP contribution in [0.3, 0.4) is 0 Å². The van der Waals surface area contributed by atoms with Crippen LogP contribution in [0.1, 0.15) is 21.5 Å². The highest BCUT2D eigenvalue weighted by molar-refractivity contribution is 6.11. The molecule has 0 aliphatic carbocycles. The summed E-state index contributed by atoms with van der Waals surface area (Å²) >= 11 is 0. The van der Waals surface area contributed by atoms with E-state index in [1.165, 1.54) is 7.11 Å². The maximum absolute atomic E-state index is 12.6. The van der Waals surface area contributed by atoms with E-state index in [4.69, 9.17) is 14.2 Å². The molecule has 0 amide bonds. The van der Waals surface area contributed by atoms with Crippen LogP contribution >= 0.6 is 0 Å². The normalized spacial score (nSPS) is 10.1. The van der Waals surface area contributed by atoms with Crippen LogP contribution in [0.5, 0.6) is 17.2 Å². The molecule has 0 bridgehead atoms. The number of aryl methyl sites for hydroxylation is 1. The van der Waals surface area contributed by atoms with Crippen LogP contribution in [0.25, 0.3) is 0 Å². The molecular weight excluding hydrogens is 268 g/mol. The fraction of sp³-hybridized carbons (Fsp3) is 0.235. The molecular formula is C17H18O4. The van der Waals surface area contributed by atoms with Crippen molar-refractivity contribution in [1.82, 2.24) is 0 Å². The molecule has 4 heteroatoms. The van der Waals surface area contributed by atoms with E-state index in [0.717, 1.165) is 5.56 Å². The molecule has 0 saturated heterocycles. The molecule has 0 N–H and O–H groups in total. The number of rotatable bonds is 5. The Morgan fingerprint density at radius 1 is 0.857 bits per heavy atom. The zero-order chi connectivity index (χ0) is 15.4. The van der Waals surface area contributed by atoms with Crippen LogP contribution in [-0.4, -0.2) is 27.1 Å². The maximum atomic E-state index is 12.6. The zero-order valence-electron chi connectivity index (χ0n) is 12.6. The molecule has 0 saturated carbocycles. The van der Waals surface area contributed by atoms with Crippen LogP contribution in [0.15, 0.2) is 36.4 Å². The molecule has 2 rings (SSSR count). The Labute approximate surface area is 124 Å². The van der Waals surface area contributed by atoms with E-state index in [-0.39, 0.29) is 5.78 Å². The number of methoxy groups -OCH3 is 3. The minimum absolute atomic E-state index is 0.118. The van der Waals surface area contributed by atoms with E-state index < -0.39 is 0 Å². The molecule has 0 atom stereocenters. The van der Waals surface area contributed by atoms with E-state index in [0.29, 0.717) is 28.4 Å². The van der Waals surface area contributed by atoms with Gasteiger partial charge >= 0.3 is 0 Å². The second-order valence-corrected chi connectivity index (χ2v) is 4.58. The molecule has 0 heterocycles. The summed E-state index contributed by atoms with van der Waals surface area (Å²) in [5.74, 6) is 1.70. The van der Waals surface area contributed by atoms with E-state index in [1.807, 2.05) is 13.0 Å². The average molecular weight is 286 g/mol. The second-order valence-electron chi connectivity index (χ2n) is 4.58. The lowest BCUT2D eigenvalue weighted by atomic mass is 10.0. The van der Waals surface area contributed by atoms with Gasteiger partial charge in [-0.3, -0.25) is 4.79 Å². The first-order valence-electron chi connectivity index (χ1n) is 6.52. The fourth-order valence-corrected chi connectivity index (χ4v) is 2.10. The summed E-state index contributed by atoms with van der Waals surface area (Å²) in [5.41, 5.74) is 2.03. The number of ketones is 1. The zero-order valence-corrected chi connectivity index (χ0v) is 12.6. The van der Waals surface area contributed by atoms with Crippen molar-refractivity contribution in [1.29, 1.82) is 0 Å². The molecule has 0 spiro atoms. The molecule has 0 fully saturated rings. The van der Waals surface area contributed by atoms with Gasteiger partial charge in [-0.05, 0) is 30.7 Å². The highest BCUT2D eigenvalue weighted by Gasteiger charge is 2.16. The number of carbonyl (C=O) groups is 1. The number of hydrogen-bond donors (Lipinski definition) is 0. The molecule has 110 valence electrons. The molecule has 0 aliphatic rings. The minimum atomic E-state index is -0.118. The molecule has 0 aromatic heterocycles. The summed E-state index contributed by atoms with van der Waals surface area (Å²) in [5, 5.41) is 0. The third kappa shape index (κ3) is 2.99. The molecule has 4 nitrogen and oxygen atoms in total. The molecule has 2 aromatic carbocycles. The number of ether oxygens (including phenoxy) is 3. The van der Waals surface area contributed by atoms with E-state index in [2.05, 4.69) is 0 Å². The molecule has 2 aromatic rings. The second kappa shape index (κ2) is 6.31. The Morgan fingerprint density at radius 2 is 1.57 bits per heavy atom. The van der Waals surface area contributed by atoms with Crippen LogP contribution in [0.4, 0.5) is 0 Å². The highest BCUT2D eigenvalue weighted by Crippen LogP contribution is 2.28. The maximum Gasteiger partial charge on any atom is 0.196 e. The Balaban J connectivity index is 2.44. The van der Waals surface area contributed by atoms with Gasteiger partial charge < -0.3 is 14.2 Å². The predicted octanol–water partition coefficient (Wildman–Crippen LogP) is 3.25. The summed E-state index contributed by atoms with van der Waals surface area (Å²) in [6.07, 6.45) is 0. The van der Waals surface area contributed by atoms with Crippen LogP contribution in [0.2, 0.25) is 0 Å². The van der Waals surface area contributed by atoms with Gasteiger partial charge in [0.2, 0.25) is 0 Å². The quantitative estimate of drug-likeness (QED) is 0.791. The lowest BCUT2D eigenvalue weighted by Gasteiger charge is -2.11. The first kappa shape index (κ1) is 14.9. The van der Waals surface area contributed by atoms with Crippen molar-refractivity contribution in [3.63, 3.8) is 0 Å². The van der Waals surface area contributed by atoms with Gasteiger partial charge in [-0.15, -0.1) is 0 Å². The van der Waals surface area contributed by atoms with Crippen LogP contribution < -0.4 is 14.2 Å². The van der Waals surface area contributed by atoms with Gasteiger partial charge in [-0.25, -0.2) is 0 Å². The van der Waals surface area contributed by atoms with Crippen molar-refractivity contribution in [2.45, 2.75) is 6.92 Å². The van der Waals surface area contributed by atoms with Gasteiger partial charge in [0.1, 0.15) is 17.2 Å². The molecule has 21 heavy (non-hydrogen) atoms. The van der Waals surface area contributed by atoms with Crippen molar-refractivity contribution in [2.75, 3.05) is 21.3 Å². The van der Waals surface area contributed by atoms with Gasteiger partial charge in [-0.2, -0.15) is 0 Å². The minimum Gasteiger partial charge on any atom is -0.497 e. The van der Waals surface area contributed by atoms with Gasteiger partial charge in [0.05, 0.1) is 26.9 Å². The van der Waals surface area contributed by atoms with Gasteiger partial charge in [0.25, 0.3) is 0 Å². The Bertz CT molecular complexity index is 662. The first-order valence-corrected chi connectivity index (χ1v) is 6.52. The van der Waals surface area contributed by atoms with Gasteiger partial charge in [-0.1, -0.05) is 12.1 Å². The monoisotopic (exact) mass is 286 g/mol. The Hall–Kier alpha value is -2.49. The highest BCUT2D eigenvalue weighted by atomic mass is 16.5. The van der Waals surface area contributed by atoms with Gasteiger partial charge in [0.15, 0.2) is 5.78 Å². The van der Waals surface area contributed by atoms with Crippen molar-refractivity contribution in [2.24, 2.45) is 0 Å². The van der Waals surface area contributed by atoms with Gasteiger partial charge in [0, 0.05) is 11.6 Å². The Morgan fingerprint density at radius 3 is 2.19 bits per heavy atom. The van der Waals surface area contributed by atoms with Crippen molar-refractivity contribution >= 4 is 5.78 Å². The van der Waals surface area contributed by atoms with E-state index >= 15 is 0 Å². The van der Waals surface area contributed by atoms with Crippen molar-refractivity contribution in [3.05, 3.63) is 53.1 Å². The predicted molar refractivity (Wildman–Crippen MR) is 80.7 cm³/mol. The summed E-state index contributed by atoms with van der Waals surface area (Å²) in [6, 6.07) is 10.5. The number of benzene rings is 2. The largest absolute Gasteiger partial charge is 0.497 e. The molecule has 0 radical (unpaired) electrons. The summed E-state index contributed by atoms with van der Waals surface area (Å²) in [6.45, 7) is 1.93. The third-order valence-corrected chi connectivity index (χ3v) is 3.32. The fourth-order valence-electron chi connectivity index (χ4n) is 2.10. The number of carbonyl (C=O) groups excluding carboxylic acids is 1. The van der Waals surface area contributed by atoms with Crippen LogP contribution in [0, 0.1) is 6.92 Å². The van der Waals surface area contributed by atoms with Crippen molar-refractivity contribution in [3.8, 4) is 17.2 Å². The lowest BCUT2D eigenvalue weighted by Crippen LogP contribution is -2.05. The van der Waals surface area contributed by atoms with Crippen molar-refractivity contribution < 1.29 is 19.0 Å². The smallest absolute Gasteiger partial charge is 0.196 e. The first-order chi connectivity index (χ1) is 10.1. The summed E-state index contributed by atoms with van der Waals surface area (Å²) in [7, 11) is 4.69. The van der Waals surface area contributed by atoms with E-state index in [1.54, 1.807) is 44.6 Å². The van der Waals surface area contributed by atoms with Crippen LogP contribution in [-0.2, 0) is 0 Å². The molecule has 0 aliphatic heterocycles.